The number of anilines is 2. The van der Waals surface area contributed by atoms with Gasteiger partial charge in [-0.1, -0.05) is 36.4 Å². The van der Waals surface area contributed by atoms with Gasteiger partial charge in [0.25, 0.3) is 0 Å². The molecule has 0 fully saturated rings. The molecule has 14 heteroatoms. The number of hydrogen-bond acceptors (Lipinski definition) is 8. The van der Waals surface area contributed by atoms with Crippen LogP contribution in [0.15, 0.2) is 60.7 Å². The summed E-state index contributed by atoms with van der Waals surface area (Å²) in [5.74, 6) is 0.961. The number of ether oxygens (including phenoxy) is 2. The van der Waals surface area contributed by atoms with Crippen molar-refractivity contribution >= 4 is 58.8 Å². The number of amides is 6. The van der Waals surface area contributed by atoms with Crippen LogP contribution in [0.25, 0.3) is 0 Å². The Hall–Kier alpha value is -3.46. The Morgan fingerprint density at radius 3 is 1.34 bits per heavy atom. The SMILES string of the molecule is O=C(CSCCOCCOCCSCC(=O)NNC(=O)Nc1ccccc1)NNC(=O)Nc1ccccc1. The van der Waals surface area contributed by atoms with Crippen LogP contribution in [-0.4, -0.2) is 73.3 Å². The van der Waals surface area contributed by atoms with Gasteiger partial charge in [-0.2, -0.15) is 0 Å². The second-order valence-electron chi connectivity index (χ2n) is 7.32. The number of benzene rings is 2. The van der Waals surface area contributed by atoms with Gasteiger partial charge in [0, 0.05) is 22.9 Å². The van der Waals surface area contributed by atoms with Crippen molar-refractivity contribution < 1.29 is 28.7 Å². The van der Waals surface area contributed by atoms with Crippen molar-refractivity contribution in [1.29, 1.82) is 0 Å². The maximum absolute atomic E-state index is 11.8. The number of urea groups is 2. The van der Waals surface area contributed by atoms with E-state index in [1.165, 1.54) is 23.5 Å². The van der Waals surface area contributed by atoms with E-state index in [1.54, 1.807) is 48.5 Å². The number of hydrogen-bond donors (Lipinski definition) is 6. The quantitative estimate of drug-likeness (QED) is 0.142. The molecule has 2 rings (SSSR count). The molecular weight excluding hydrogens is 532 g/mol. The van der Waals surface area contributed by atoms with E-state index in [-0.39, 0.29) is 23.3 Å². The molecule has 6 N–H and O–H groups in total. The summed E-state index contributed by atoms with van der Waals surface area (Å²) in [7, 11) is 0. The smallest absolute Gasteiger partial charge is 0.337 e. The third kappa shape index (κ3) is 15.6. The zero-order valence-corrected chi connectivity index (χ0v) is 22.3. The molecule has 6 amide bonds. The Labute approximate surface area is 229 Å². The summed E-state index contributed by atoms with van der Waals surface area (Å²) in [4.78, 5) is 46.9. The second-order valence-corrected chi connectivity index (χ2v) is 9.53. The number of rotatable bonds is 15. The number of nitrogens with one attached hydrogen (secondary N) is 6. The van der Waals surface area contributed by atoms with Gasteiger partial charge in [-0.15, -0.1) is 23.5 Å². The van der Waals surface area contributed by atoms with Crippen LogP contribution in [0.2, 0.25) is 0 Å². The number of para-hydroxylation sites is 2. The minimum Gasteiger partial charge on any atom is -0.378 e. The average Bonchev–Trinajstić information content (AvgIpc) is 2.92. The summed E-state index contributed by atoms with van der Waals surface area (Å²) in [6, 6.07) is 16.7. The molecule has 0 saturated heterocycles. The van der Waals surface area contributed by atoms with E-state index in [9.17, 15) is 19.2 Å². The maximum atomic E-state index is 11.8. The number of carbonyl (C=O) groups is 4. The Kier molecular flexibility index (Phi) is 15.9. The van der Waals surface area contributed by atoms with E-state index in [0.717, 1.165) is 0 Å². The highest BCUT2D eigenvalue weighted by atomic mass is 32.2. The third-order valence-electron chi connectivity index (χ3n) is 4.28. The van der Waals surface area contributed by atoms with Gasteiger partial charge in [-0.05, 0) is 24.3 Å². The first-order valence-corrected chi connectivity index (χ1v) is 14.0. The summed E-state index contributed by atoms with van der Waals surface area (Å²) >= 11 is 2.76. The summed E-state index contributed by atoms with van der Waals surface area (Å²) < 4.78 is 10.9. The summed E-state index contributed by atoms with van der Waals surface area (Å²) in [5, 5.41) is 5.18. The number of thioether (sulfide) groups is 2. The fourth-order valence-electron chi connectivity index (χ4n) is 2.58. The van der Waals surface area contributed by atoms with Gasteiger partial charge in [-0.3, -0.25) is 20.4 Å². The van der Waals surface area contributed by atoms with Crippen molar-refractivity contribution in [2.75, 3.05) is 60.1 Å². The van der Waals surface area contributed by atoms with Gasteiger partial charge < -0.3 is 20.1 Å². The van der Waals surface area contributed by atoms with Crippen molar-refractivity contribution in [3.05, 3.63) is 60.7 Å². The van der Waals surface area contributed by atoms with E-state index < -0.39 is 12.1 Å². The van der Waals surface area contributed by atoms with E-state index in [2.05, 4.69) is 32.3 Å². The van der Waals surface area contributed by atoms with E-state index in [0.29, 0.717) is 49.3 Å². The first kappa shape index (κ1) is 30.8. The lowest BCUT2D eigenvalue weighted by molar-refractivity contribution is -0.120. The molecule has 38 heavy (non-hydrogen) atoms. The molecule has 0 spiro atoms. The highest BCUT2D eigenvalue weighted by molar-refractivity contribution is 8.00. The van der Waals surface area contributed by atoms with Crippen molar-refractivity contribution in [3.63, 3.8) is 0 Å². The van der Waals surface area contributed by atoms with E-state index >= 15 is 0 Å². The van der Waals surface area contributed by atoms with Crippen LogP contribution in [0.5, 0.6) is 0 Å². The molecular formula is C24H32N6O6S2. The van der Waals surface area contributed by atoms with Gasteiger partial charge in [0.15, 0.2) is 0 Å². The van der Waals surface area contributed by atoms with Gasteiger partial charge in [-0.25, -0.2) is 20.4 Å². The lowest BCUT2D eigenvalue weighted by Crippen LogP contribution is -2.44. The van der Waals surface area contributed by atoms with Crippen molar-refractivity contribution in [1.82, 2.24) is 21.7 Å². The zero-order valence-electron chi connectivity index (χ0n) is 20.7. The first-order valence-electron chi connectivity index (χ1n) is 11.7. The fraction of sp³-hybridized carbons (Fsp3) is 0.333. The van der Waals surface area contributed by atoms with E-state index in [4.69, 9.17) is 9.47 Å². The van der Waals surface area contributed by atoms with Crippen LogP contribution >= 0.6 is 23.5 Å². The summed E-state index contributed by atoms with van der Waals surface area (Å²) in [6.45, 7) is 1.76. The molecule has 2 aromatic carbocycles. The van der Waals surface area contributed by atoms with Gasteiger partial charge in [0.05, 0.1) is 37.9 Å². The molecule has 206 valence electrons. The maximum Gasteiger partial charge on any atom is 0.337 e. The first-order chi connectivity index (χ1) is 18.5. The zero-order chi connectivity index (χ0) is 27.3. The lowest BCUT2D eigenvalue weighted by Gasteiger charge is -2.09. The standard InChI is InChI=1S/C24H32N6O6S2/c31-21(27-29-23(33)25-19-7-3-1-4-8-19)17-37-15-13-35-11-12-36-14-16-38-18-22(32)28-30-24(34)26-20-9-5-2-6-10-20/h1-10H,11-18H2,(H,27,31)(H,28,32)(H2,25,29,33)(H2,26,30,34). The Balaban J connectivity index is 1.32. The van der Waals surface area contributed by atoms with Crippen LogP contribution in [-0.2, 0) is 19.1 Å². The molecule has 0 aliphatic carbocycles. The largest absolute Gasteiger partial charge is 0.378 e. The molecule has 0 radical (unpaired) electrons. The monoisotopic (exact) mass is 564 g/mol. The van der Waals surface area contributed by atoms with Crippen LogP contribution in [0, 0.1) is 0 Å². The van der Waals surface area contributed by atoms with Crippen LogP contribution in [0.3, 0.4) is 0 Å². The van der Waals surface area contributed by atoms with Gasteiger partial charge >= 0.3 is 12.1 Å². The van der Waals surface area contributed by atoms with Crippen LogP contribution < -0.4 is 32.3 Å². The number of carbonyl (C=O) groups excluding carboxylic acids is 4. The normalized spacial score (nSPS) is 10.2. The number of hydrazine groups is 2. The lowest BCUT2D eigenvalue weighted by atomic mass is 10.3. The fourth-order valence-corrected chi connectivity index (χ4v) is 3.86. The Morgan fingerprint density at radius 1 is 0.553 bits per heavy atom. The second kappa shape index (κ2) is 19.6. The molecule has 2 aromatic rings. The van der Waals surface area contributed by atoms with E-state index in [1.807, 2.05) is 12.1 Å². The summed E-state index contributed by atoms with van der Waals surface area (Å²) in [6.07, 6.45) is 0. The van der Waals surface area contributed by atoms with Crippen LogP contribution in [0.4, 0.5) is 21.0 Å². The predicted octanol–water partition coefficient (Wildman–Crippen LogP) is 2.19. The summed E-state index contributed by atoms with van der Waals surface area (Å²) in [5.41, 5.74) is 10.5. The molecule has 12 nitrogen and oxygen atoms in total. The average molecular weight is 565 g/mol. The van der Waals surface area contributed by atoms with Gasteiger partial charge in [0.1, 0.15) is 0 Å². The molecule has 0 aliphatic rings. The van der Waals surface area contributed by atoms with Crippen molar-refractivity contribution in [2.24, 2.45) is 0 Å². The molecule has 0 atom stereocenters. The molecule has 0 saturated carbocycles. The molecule has 0 heterocycles. The predicted molar refractivity (Wildman–Crippen MR) is 150 cm³/mol. The molecule has 0 aromatic heterocycles. The minimum atomic E-state index is -0.528. The Bertz CT molecular complexity index is 907. The van der Waals surface area contributed by atoms with Crippen molar-refractivity contribution in [2.45, 2.75) is 0 Å². The minimum absolute atomic E-state index is 0.184. The third-order valence-corrected chi connectivity index (χ3v) is 6.12. The molecule has 0 unspecified atom stereocenters. The van der Waals surface area contributed by atoms with Gasteiger partial charge in [0.2, 0.25) is 11.8 Å². The highest BCUT2D eigenvalue weighted by Crippen LogP contribution is 2.05. The van der Waals surface area contributed by atoms with Crippen LogP contribution in [0.1, 0.15) is 0 Å². The molecule has 0 bridgehead atoms. The van der Waals surface area contributed by atoms with Crippen molar-refractivity contribution in [3.8, 4) is 0 Å². The molecule has 0 aliphatic heterocycles. The Morgan fingerprint density at radius 2 is 0.947 bits per heavy atom. The topological polar surface area (TPSA) is 159 Å². The highest BCUT2D eigenvalue weighted by Gasteiger charge is 2.06.